The van der Waals surface area contributed by atoms with Gasteiger partial charge in [0.2, 0.25) is 0 Å². The van der Waals surface area contributed by atoms with E-state index in [1.807, 2.05) is 46.7 Å². The van der Waals surface area contributed by atoms with Gasteiger partial charge in [-0.2, -0.15) is 0 Å². The number of methoxy groups -OCH3 is 1. The first-order valence-electron chi connectivity index (χ1n) is 18.8. The molecular weight excluding hydrogens is 622 g/mol. The van der Waals surface area contributed by atoms with E-state index in [2.05, 4.69) is 44.5 Å². The van der Waals surface area contributed by atoms with E-state index in [0.717, 1.165) is 45.4 Å². The van der Waals surface area contributed by atoms with Crippen LogP contribution in [0.4, 0.5) is 0 Å². The summed E-state index contributed by atoms with van der Waals surface area (Å²) < 4.78 is 25.6. The second kappa shape index (κ2) is 16.3. The number of likely N-dealkylation sites (tertiary alicyclic amines) is 1. The van der Waals surface area contributed by atoms with Crippen LogP contribution in [0.5, 0.6) is 0 Å². The number of carbonyl (C=O) groups is 2. The first-order chi connectivity index (χ1) is 22.4. The molecule has 3 aliphatic heterocycles. The Morgan fingerprint density at radius 2 is 1.61 bits per heavy atom. The summed E-state index contributed by atoms with van der Waals surface area (Å²) in [4.78, 5) is 35.5. The van der Waals surface area contributed by atoms with E-state index in [1.54, 1.807) is 27.9 Å². The largest absolute Gasteiger partial charge is 0.457 e. The van der Waals surface area contributed by atoms with Crippen molar-refractivity contribution in [2.45, 2.75) is 156 Å². The Kier molecular flexibility index (Phi) is 14.0. The van der Waals surface area contributed by atoms with Crippen LogP contribution in [0, 0.1) is 28.6 Å². The lowest BCUT2D eigenvalue weighted by molar-refractivity contribution is -0.295. The van der Waals surface area contributed by atoms with Crippen LogP contribution in [0.2, 0.25) is 0 Å². The van der Waals surface area contributed by atoms with Crippen LogP contribution in [0.25, 0.3) is 0 Å². The Bertz CT molecular complexity index is 1100. The highest BCUT2D eigenvalue weighted by molar-refractivity contribution is 6.04. The van der Waals surface area contributed by atoms with Crippen LogP contribution in [-0.2, 0) is 28.5 Å². The molecule has 0 aromatic heterocycles. The molecule has 0 unspecified atom stereocenters. The fraction of sp³-hybridized carbons (Fsp3) is 0.949. The monoisotopic (exact) mass is 696 g/mol. The zero-order valence-electron chi connectivity index (χ0n) is 33.8. The number of cyclic esters (lactones) is 1. The number of ether oxygens (including phenoxy) is 4. The topological polar surface area (TPSA) is 101 Å². The molecule has 286 valence electrons. The quantitative estimate of drug-likeness (QED) is 0.281. The second-order valence-corrected chi connectivity index (χ2v) is 18.7. The highest BCUT2D eigenvalue weighted by Crippen LogP contribution is 2.40. The van der Waals surface area contributed by atoms with E-state index in [-0.39, 0.29) is 35.3 Å². The minimum Gasteiger partial charge on any atom is -0.457 e. The molecule has 0 saturated carbocycles. The van der Waals surface area contributed by atoms with E-state index in [4.69, 9.17) is 18.9 Å². The number of carbonyl (C=O) groups excluding carboxylic acids is 2. The Labute approximate surface area is 298 Å². The summed E-state index contributed by atoms with van der Waals surface area (Å²) in [6.45, 7) is 26.2. The van der Waals surface area contributed by atoms with Crippen molar-refractivity contribution >= 4 is 11.8 Å². The van der Waals surface area contributed by atoms with E-state index in [9.17, 15) is 14.7 Å². The molecule has 0 aromatic carbocycles. The van der Waals surface area contributed by atoms with Gasteiger partial charge in [-0.15, -0.1) is 0 Å². The Morgan fingerprint density at radius 3 is 2.14 bits per heavy atom. The van der Waals surface area contributed by atoms with Crippen LogP contribution in [0.15, 0.2) is 0 Å². The first-order valence-corrected chi connectivity index (χ1v) is 18.8. The molecule has 1 N–H and O–H groups in total. The molecule has 0 aliphatic carbocycles. The van der Waals surface area contributed by atoms with E-state index >= 15 is 0 Å². The number of Topliss-reactive ketones (excluding diaryl/α,β-unsaturated/α-hetero) is 1. The number of hydrogen-bond acceptors (Lipinski definition) is 10. The van der Waals surface area contributed by atoms with Crippen molar-refractivity contribution in [3.63, 3.8) is 0 Å². The van der Waals surface area contributed by atoms with Crippen LogP contribution in [0.3, 0.4) is 0 Å². The van der Waals surface area contributed by atoms with E-state index in [0.29, 0.717) is 18.8 Å². The van der Waals surface area contributed by atoms with Gasteiger partial charge in [-0.25, -0.2) is 0 Å². The molecule has 3 saturated heterocycles. The van der Waals surface area contributed by atoms with Gasteiger partial charge in [-0.05, 0) is 125 Å². The van der Waals surface area contributed by atoms with Crippen molar-refractivity contribution in [1.82, 2.24) is 14.7 Å². The average molecular weight is 696 g/mol. The van der Waals surface area contributed by atoms with Gasteiger partial charge in [0, 0.05) is 38.2 Å². The maximum Gasteiger partial charge on any atom is 0.319 e. The Morgan fingerprint density at radius 1 is 1.02 bits per heavy atom. The van der Waals surface area contributed by atoms with Crippen LogP contribution in [-0.4, -0.2) is 134 Å². The van der Waals surface area contributed by atoms with Gasteiger partial charge >= 0.3 is 5.97 Å². The standard InChI is InChI=1S/C39H73N3O7/c1-25-22-39(11,46-15)33(48-34-31(43)29(40(12)13)20-26(2)47-34)27(3)32(44)37(7,8)35(45)49-38(9,10)30(41(14)23-25)21-28-16-18-42(19-17-28)24-36(4,5)6/h25-31,33-34,43H,16-24H2,1-15H3/t25-,26-,27+,29+,30-,31-,33-,34+,39-/m1/s1. The number of nitrogens with zero attached hydrogens (tertiary/aromatic N) is 3. The van der Waals surface area contributed by atoms with Gasteiger partial charge in [0.15, 0.2) is 12.1 Å². The zero-order valence-corrected chi connectivity index (χ0v) is 33.8. The summed E-state index contributed by atoms with van der Waals surface area (Å²) in [7, 11) is 7.66. The number of likely N-dealkylation sites (N-methyl/N-ethyl adjacent to an activating group) is 2. The maximum absolute atomic E-state index is 14.5. The van der Waals surface area contributed by atoms with Gasteiger partial charge in [0.25, 0.3) is 0 Å². The fourth-order valence-electron chi connectivity index (χ4n) is 8.88. The smallest absolute Gasteiger partial charge is 0.319 e. The third-order valence-corrected chi connectivity index (χ3v) is 11.6. The summed E-state index contributed by atoms with van der Waals surface area (Å²) >= 11 is 0. The van der Waals surface area contributed by atoms with Crippen LogP contribution < -0.4 is 0 Å². The molecule has 9 atom stereocenters. The molecule has 0 radical (unpaired) electrons. The molecule has 0 spiro atoms. The number of esters is 1. The average Bonchev–Trinajstić information content (AvgIpc) is 2.98. The molecule has 10 heteroatoms. The molecule has 0 bridgehead atoms. The number of rotatable bonds is 7. The molecule has 10 nitrogen and oxygen atoms in total. The number of aliphatic hydroxyl groups is 1. The SMILES string of the molecule is CO[C@]1(C)C[C@@H](C)CN(C)[C@H](CC2CCN(CC(C)(C)C)CC2)C(C)(C)OC(=O)C(C)(C)C(=O)[C@H](C)[C@H]1O[C@@H]1O[C@H](C)C[C@H](N(C)C)[C@H]1O. The lowest BCUT2D eigenvalue weighted by Gasteiger charge is -2.47. The van der Waals surface area contributed by atoms with E-state index in [1.165, 1.54) is 0 Å². The van der Waals surface area contributed by atoms with Gasteiger partial charge in [-0.3, -0.25) is 14.5 Å². The van der Waals surface area contributed by atoms with Crippen molar-refractivity contribution in [2.24, 2.45) is 28.6 Å². The number of hydrogen-bond donors (Lipinski definition) is 1. The maximum atomic E-state index is 14.5. The van der Waals surface area contributed by atoms with Gasteiger partial charge in [0.1, 0.15) is 17.1 Å². The number of ketones is 1. The minimum absolute atomic E-state index is 0.0433. The summed E-state index contributed by atoms with van der Waals surface area (Å²) in [5.41, 5.74) is -2.93. The predicted octanol–water partition coefficient (Wildman–Crippen LogP) is 5.24. The third-order valence-electron chi connectivity index (χ3n) is 11.6. The summed E-state index contributed by atoms with van der Waals surface area (Å²) in [6, 6.07) is -0.217. The van der Waals surface area contributed by atoms with Crippen molar-refractivity contribution in [1.29, 1.82) is 0 Å². The summed E-state index contributed by atoms with van der Waals surface area (Å²) in [5.74, 6) is -0.925. The Hall–Kier alpha value is -1.14. The molecular formula is C39H73N3O7. The second-order valence-electron chi connectivity index (χ2n) is 18.7. The first kappa shape index (κ1) is 42.3. The van der Waals surface area contributed by atoms with Crippen molar-refractivity contribution in [3.05, 3.63) is 0 Å². The van der Waals surface area contributed by atoms with Crippen molar-refractivity contribution in [2.75, 3.05) is 54.4 Å². The van der Waals surface area contributed by atoms with Gasteiger partial charge in [0.05, 0.1) is 17.8 Å². The molecule has 49 heavy (non-hydrogen) atoms. The van der Waals surface area contributed by atoms with Crippen LogP contribution >= 0.6 is 0 Å². The van der Waals surface area contributed by atoms with E-state index < -0.39 is 47.0 Å². The lowest BCUT2D eigenvalue weighted by Crippen LogP contribution is -2.59. The highest BCUT2D eigenvalue weighted by Gasteiger charge is 2.53. The summed E-state index contributed by atoms with van der Waals surface area (Å²) in [6.07, 6.45) is 1.54. The van der Waals surface area contributed by atoms with Gasteiger partial charge in [-0.1, -0.05) is 34.6 Å². The lowest BCUT2D eigenvalue weighted by atomic mass is 9.74. The highest BCUT2D eigenvalue weighted by atomic mass is 16.7. The van der Waals surface area contributed by atoms with Crippen molar-refractivity contribution < 1.29 is 33.6 Å². The third kappa shape index (κ3) is 10.5. The molecule has 3 heterocycles. The van der Waals surface area contributed by atoms with Gasteiger partial charge < -0.3 is 33.9 Å². The molecule has 3 aliphatic rings. The molecule has 3 fully saturated rings. The predicted molar refractivity (Wildman–Crippen MR) is 194 cm³/mol. The number of aliphatic hydroxyl groups excluding tert-OH is 1. The van der Waals surface area contributed by atoms with Crippen molar-refractivity contribution in [3.8, 4) is 0 Å². The normalized spacial score (nSPS) is 38.1. The molecule has 3 rings (SSSR count). The van der Waals surface area contributed by atoms with Crippen LogP contribution in [0.1, 0.15) is 108 Å². The summed E-state index contributed by atoms with van der Waals surface area (Å²) in [5, 5.41) is 11.4. The Balaban J connectivity index is 1.96. The fourth-order valence-corrected chi connectivity index (χ4v) is 8.88. The number of piperidine rings is 1. The molecule has 0 amide bonds. The minimum atomic E-state index is -1.44. The zero-order chi connectivity index (χ0) is 37.3. The molecule has 0 aromatic rings.